The molecule has 4 N–H and O–H groups in total. The van der Waals surface area contributed by atoms with E-state index in [4.69, 9.17) is 11.1 Å². The topological polar surface area (TPSA) is 116 Å². The summed E-state index contributed by atoms with van der Waals surface area (Å²) >= 11 is 0. The summed E-state index contributed by atoms with van der Waals surface area (Å²) in [6, 6.07) is 17.4. The summed E-state index contributed by atoms with van der Waals surface area (Å²) in [5.74, 6) is -1.20. The highest BCUT2D eigenvalue weighted by atomic mass is 32.2. The normalized spacial score (nSPS) is 11.1. The number of nitrogen functional groups attached to an aromatic ring is 1. The van der Waals surface area contributed by atoms with Gasteiger partial charge in [0.15, 0.2) is 9.84 Å². The molecule has 0 saturated heterocycles. The fraction of sp³-hybridized carbons (Fsp3) is 0.130. The van der Waals surface area contributed by atoms with Crippen molar-refractivity contribution in [2.45, 2.75) is 4.90 Å². The van der Waals surface area contributed by atoms with Crippen molar-refractivity contribution >= 4 is 33.0 Å². The van der Waals surface area contributed by atoms with Crippen LogP contribution in [0.1, 0.15) is 5.56 Å². The Bertz CT molecular complexity index is 1290. The molecule has 0 aliphatic rings. The molecule has 3 aromatic carbocycles. The van der Waals surface area contributed by atoms with Gasteiger partial charge in [-0.3, -0.25) is 10.2 Å². The third kappa shape index (κ3) is 5.30. The molecule has 0 aromatic heterocycles. The minimum absolute atomic E-state index is 0.0125. The maximum absolute atomic E-state index is 14.7. The number of rotatable bonds is 7. The van der Waals surface area contributed by atoms with E-state index in [1.54, 1.807) is 60.5 Å². The van der Waals surface area contributed by atoms with E-state index in [1.165, 1.54) is 18.2 Å². The van der Waals surface area contributed by atoms with E-state index >= 15 is 0 Å². The van der Waals surface area contributed by atoms with Gasteiger partial charge in [0.05, 0.1) is 17.1 Å². The Morgan fingerprint density at radius 1 is 1.09 bits per heavy atom. The smallest absolute Gasteiger partial charge is 0.243 e. The van der Waals surface area contributed by atoms with Gasteiger partial charge >= 0.3 is 0 Å². The molecule has 3 aromatic rings. The Labute approximate surface area is 186 Å². The molecule has 0 bridgehead atoms. The van der Waals surface area contributed by atoms with Crippen molar-refractivity contribution in [1.82, 2.24) is 0 Å². The van der Waals surface area contributed by atoms with Gasteiger partial charge in [0.1, 0.15) is 11.7 Å². The molecule has 0 atom stereocenters. The Morgan fingerprint density at radius 2 is 1.81 bits per heavy atom. The first-order valence-electron chi connectivity index (χ1n) is 9.60. The van der Waals surface area contributed by atoms with Crippen molar-refractivity contribution in [2.75, 3.05) is 30.1 Å². The number of halogens is 1. The van der Waals surface area contributed by atoms with Crippen LogP contribution in [0.5, 0.6) is 0 Å². The average Bonchev–Trinajstić information content (AvgIpc) is 2.74. The molecule has 32 heavy (non-hydrogen) atoms. The van der Waals surface area contributed by atoms with Gasteiger partial charge in [-0.1, -0.05) is 36.4 Å². The molecular formula is C23H23FN4O3S. The first-order chi connectivity index (χ1) is 15.1. The standard InChI is InChI=1S/C23H23FN4O3S/c1-28(17-7-5-6-16(12-17)23(25)26)14-22(29)27-20-11-10-15(13-19(20)24)18-8-3-4-9-21(18)32(2,30)31/h3-13H,14H2,1-2H3,(H3,25,26)(H,27,29). The largest absolute Gasteiger partial charge is 0.384 e. The van der Waals surface area contributed by atoms with Crippen molar-refractivity contribution in [1.29, 1.82) is 5.41 Å². The number of anilines is 2. The van der Waals surface area contributed by atoms with Gasteiger partial charge in [-0.2, -0.15) is 0 Å². The van der Waals surface area contributed by atoms with Crippen LogP contribution in [0.4, 0.5) is 15.8 Å². The predicted molar refractivity (Wildman–Crippen MR) is 124 cm³/mol. The van der Waals surface area contributed by atoms with Gasteiger partial charge < -0.3 is 16.0 Å². The quantitative estimate of drug-likeness (QED) is 0.374. The third-order valence-electron chi connectivity index (χ3n) is 4.82. The van der Waals surface area contributed by atoms with Gasteiger partial charge in [-0.15, -0.1) is 0 Å². The molecular weight excluding hydrogens is 431 g/mol. The van der Waals surface area contributed by atoms with E-state index in [0.717, 1.165) is 6.26 Å². The number of amidine groups is 1. The molecule has 0 radical (unpaired) electrons. The van der Waals surface area contributed by atoms with E-state index in [0.29, 0.717) is 22.4 Å². The minimum atomic E-state index is -3.49. The lowest BCUT2D eigenvalue weighted by Crippen LogP contribution is -2.30. The van der Waals surface area contributed by atoms with Crippen LogP contribution in [-0.4, -0.2) is 40.0 Å². The number of nitrogens with two attached hydrogens (primary N) is 1. The number of hydrogen-bond acceptors (Lipinski definition) is 5. The molecule has 166 valence electrons. The van der Waals surface area contributed by atoms with Crippen molar-refractivity contribution in [2.24, 2.45) is 5.73 Å². The number of likely N-dealkylation sites (N-methyl/N-ethyl adjacent to an activating group) is 1. The summed E-state index contributed by atoms with van der Waals surface area (Å²) in [7, 11) is -1.80. The van der Waals surface area contributed by atoms with E-state index in [2.05, 4.69) is 5.32 Å². The Morgan fingerprint density at radius 3 is 2.47 bits per heavy atom. The molecule has 0 spiro atoms. The summed E-state index contributed by atoms with van der Waals surface area (Å²) < 4.78 is 38.8. The van der Waals surface area contributed by atoms with Gasteiger partial charge in [0, 0.05) is 30.1 Å². The Balaban J connectivity index is 1.76. The molecule has 0 heterocycles. The highest BCUT2D eigenvalue weighted by molar-refractivity contribution is 7.90. The lowest BCUT2D eigenvalue weighted by molar-refractivity contribution is -0.114. The van der Waals surface area contributed by atoms with Crippen LogP contribution in [-0.2, 0) is 14.6 Å². The summed E-state index contributed by atoms with van der Waals surface area (Å²) in [5.41, 5.74) is 7.48. The fourth-order valence-corrected chi connectivity index (χ4v) is 4.13. The van der Waals surface area contributed by atoms with Gasteiger partial charge in [-0.25, -0.2) is 12.8 Å². The summed E-state index contributed by atoms with van der Waals surface area (Å²) in [6.45, 7) is -0.0561. The van der Waals surface area contributed by atoms with E-state index in [1.807, 2.05) is 0 Å². The van der Waals surface area contributed by atoms with Crippen molar-refractivity contribution in [3.05, 3.63) is 78.1 Å². The molecule has 0 unspecified atom stereocenters. The molecule has 1 amide bonds. The summed E-state index contributed by atoms with van der Waals surface area (Å²) in [4.78, 5) is 14.2. The number of benzene rings is 3. The van der Waals surface area contributed by atoms with Crippen LogP contribution in [0.15, 0.2) is 71.6 Å². The number of carbonyl (C=O) groups excluding carboxylic acids is 1. The number of carbonyl (C=O) groups is 1. The molecule has 0 aliphatic carbocycles. The van der Waals surface area contributed by atoms with Crippen LogP contribution in [0.2, 0.25) is 0 Å². The van der Waals surface area contributed by atoms with Crippen molar-refractivity contribution < 1.29 is 17.6 Å². The molecule has 3 rings (SSSR count). The number of nitrogens with one attached hydrogen (secondary N) is 2. The number of amides is 1. The van der Waals surface area contributed by atoms with Gasteiger partial charge in [-0.05, 0) is 35.9 Å². The second-order valence-electron chi connectivity index (χ2n) is 7.33. The predicted octanol–water partition coefficient (Wildman–Crippen LogP) is 3.26. The number of hydrogen-bond donors (Lipinski definition) is 3. The summed E-state index contributed by atoms with van der Waals surface area (Å²) in [5, 5.41) is 10.0. The highest BCUT2D eigenvalue weighted by Crippen LogP contribution is 2.29. The molecule has 0 saturated carbocycles. The van der Waals surface area contributed by atoms with Crippen molar-refractivity contribution in [3.63, 3.8) is 0 Å². The van der Waals surface area contributed by atoms with Crippen LogP contribution < -0.4 is 16.0 Å². The van der Waals surface area contributed by atoms with E-state index in [9.17, 15) is 17.6 Å². The number of sulfone groups is 1. The first-order valence-corrected chi connectivity index (χ1v) is 11.5. The maximum Gasteiger partial charge on any atom is 0.243 e. The van der Waals surface area contributed by atoms with E-state index < -0.39 is 21.6 Å². The minimum Gasteiger partial charge on any atom is -0.384 e. The molecule has 9 heteroatoms. The van der Waals surface area contributed by atoms with Gasteiger partial charge in [0.2, 0.25) is 5.91 Å². The fourth-order valence-electron chi connectivity index (χ4n) is 3.22. The lowest BCUT2D eigenvalue weighted by Gasteiger charge is -2.19. The van der Waals surface area contributed by atoms with Crippen LogP contribution in [0.25, 0.3) is 11.1 Å². The molecule has 7 nitrogen and oxygen atoms in total. The first kappa shape index (κ1) is 23.0. The third-order valence-corrected chi connectivity index (χ3v) is 5.97. The zero-order valence-corrected chi connectivity index (χ0v) is 18.4. The maximum atomic E-state index is 14.7. The zero-order chi connectivity index (χ0) is 23.5. The Kier molecular flexibility index (Phi) is 6.59. The molecule has 0 aliphatic heterocycles. The van der Waals surface area contributed by atoms with E-state index in [-0.39, 0.29) is 23.0 Å². The highest BCUT2D eigenvalue weighted by Gasteiger charge is 2.16. The van der Waals surface area contributed by atoms with Crippen LogP contribution in [0, 0.1) is 11.2 Å². The SMILES string of the molecule is CN(CC(=O)Nc1ccc(-c2ccccc2S(C)(=O)=O)cc1F)c1cccc(C(=N)N)c1. The van der Waals surface area contributed by atoms with Gasteiger partial charge in [0.25, 0.3) is 0 Å². The number of nitrogens with zero attached hydrogens (tertiary/aromatic N) is 1. The van der Waals surface area contributed by atoms with Crippen LogP contribution >= 0.6 is 0 Å². The Hall–Kier alpha value is -3.72. The molecule has 0 fully saturated rings. The second-order valence-corrected chi connectivity index (χ2v) is 9.32. The zero-order valence-electron chi connectivity index (χ0n) is 17.6. The summed E-state index contributed by atoms with van der Waals surface area (Å²) in [6.07, 6.45) is 1.10. The lowest BCUT2D eigenvalue weighted by atomic mass is 10.0. The monoisotopic (exact) mass is 454 g/mol. The average molecular weight is 455 g/mol. The van der Waals surface area contributed by atoms with Crippen molar-refractivity contribution in [3.8, 4) is 11.1 Å². The second kappa shape index (κ2) is 9.19. The van der Waals surface area contributed by atoms with Crippen LogP contribution in [0.3, 0.4) is 0 Å².